The molecule has 1 amide bonds. The smallest absolute Gasteiger partial charge is 0.408 e. The molecule has 4 heterocycles. The van der Waals surface area contributed by atoms with Gasteiger partial charge in [-0.2, -0.15) is 0 Å². The number of aromatic nitrogens is 1. The molecule has 3 aromatic rings. The van der Waals surface area contributed by atoms with E-state index in [1.807, 2.05) is 54.6 Å². The van der Waals surface area contributed by atoms with Crippen molar-refractivity contribution in [2.24, 2.45) is 5.92 Å². The van der Waals surface area contributed by atoms with Crippen molar-refractivity contribution in [2.45, 2.75) is 31.6 Å². The van der Waals surface area contributed by atoms with Crippen LogP contribution in [0.1, 0.15) is 45.9 Å². The lowest BCUT2D eigenvalue weighted by molar-refractivity contribution is -0.0336. The number of carboxylic acids is 1. The number of ether oxygens (including phenoxy) is 2. The summed E-state index contributed by atoms with van der Waals surface area (Å²) < 4.78 is 11.8. The molecule has 2 aromatic carbocycles. The van der Waals surface area contributed by atoms with Crippen LogP contribution in [0.25, 0.3) is 0 Å². The van der Waals surface area contributed by atoms with Crippen molar-refractivity contribution in [3.8, 4) is 5.75 Å². The maximum atomic E-state index is 13.0. The van der Waals surface area contributed by atoms with Crippen molar-refractivity contribution in [1.82, 2.24) is 15.2 Å². The zero-order valence-corrected chi connectivity index (χ0v) is 19.9. The Labute approximate surface area is 209 Å². The fraction of sp³-hybridized carbons (Fsp3) is 0.321. The van der Waals surface area contributed by atoms with E-state index in [1.165, 1.54) is 12.3 Å². The number of benzene rings is 2. The van der Waals surface area contributed by atoms with Crippen LogP contribution in [0.15, 0.2) is 73.1 Å². The standard InChI is InChI=1S/C28H29N3O5/c32-27(33)23-13-19(15-29-16-23)18-35-24-8-4-7-22(14-24)26(21-5-2-1-3-6-21)30-28(34)36-25-17-31-11-9-20(25)10-12-31/h1-8,13-16,20,25-26H,9-12,17-18H2,(H,30,34)(H,32,33)/t25-,26?/m0/s1. The SMILES string of the molecule is O=C(NC(c1ccccc1)c1cccc(OCc2cncc(C(=O)O)c2)c1)O[C@H]1CN2CCC1CC2. The van der Waals surface area contributed by atoms with Gasteiger partial charge in [0, 0.05) is 24.5 Å². The molecular formula is C28H29N3O5. The van der Waals surface area contributed by atoms with Crippen LogP contribution in [0.3, 0.4) is 0 Å². The van der Waals surface area contributed by atoms with Gasteiger partial charge in [-0.15, -0.1) is 0 Å². The Bertz CT molecular complexity index is 1210. The van der Waals surface area contributed by atoms with E-state index in [0.29, 0.717) is 17.2 Å². The highest BCUT2D eigenvalue weighted by Gasteiger charge is 2.36. The van der Waals surface area contributed by atoms with Crippen molar-refractivity contribution >= 4 is 12.1 Å². The van der Waals surface area contributed by atoms with Crippen LogP contribution in [0.5, 0.6) is 5.75 Å². The molecule has 3 fully saturated rings. The molecule has 8 nitrogen and oxygen atoms in total. The monoisotopic (exact) mass is 487 g/mol. The van der Waals surface area contributed by atoms with E-state index < -0.39 is 18.1 Å². The highest BCUT2D eigenvalue weighted by molar-refractivity contribution is 5.87. The largest absolute Gasteiger partial charge is 0.489 e. The summed E-state index contributed by atoms with van der Waals surface area (Å²) in [6.45, 7) is 3.14. The number of carboxylic acid groups (broad SMARTS) is 1. The van der Waals surface area contributed by atoms with Crippen molar-refractivity contribution in [1.29, 1.82) is 0 Å². The summed E-state index contributed by atoms with van der Waals surface area (Å²) in [5.41, 5.74) is 2.54. The Hall–Kier alpha value is -3.91. The first-order valence-electron chi connectivity index (χ1n) is 12.2. The zero-order valence-electron chi connectivity index (χ0n) is 19.9. The van der Waals surface area contributed by atoms with Gasteiger partial charge in [0.15, 0.2) is 0 Å². The maximum absolute atomic E-state index is 13.0. The van der Waals surface area contributed by atoms with Crippen LogP contribution in [0.2, 0.25) is 0 Å². The van der Waals surface area contributed by atoms with Gasteiger partial charge < -0.3 is 19.9 Å². The molecule has 6 rings (SSSR count). The predicted octanol–water partition coefficient (Wildman–Crippen LogP) is 4.27. The third kappa shape index (κ3) is 5.66. The number of carbonyl (C=O) groups excluding carboxylic acids is 1. The minimum atomic E-state index is -1.03. The normalized spacial score (nSPS) is 21.4. The first-order valence-corrected chi connectivity index (χ1v) is 12.2. The van der Waals surface area contributed by atoms with Crippen molar-refractivity contribution in [2.75, 3.05) is 19.6 Å². The van der Waals surface area contributed by atoms with E-state index >= 15 is 0 Å². The third-order valence-electron chi connectivity index (χ3n) is 6.89. The molecule has 0 spiro atoms. The van der Waals surface area contributed by atoms with Gasteiger partial charge in [-0.1, -0.05) is 42.5 Å². The molecule has 0 radical (unpaired) electrons. The van der Waals surface area contributed by atoms with Gasteiger partial charge in [-0.05, 0) is 61.2 Å². The van der Waals surface area contributed by atoms with Gasteiger partial charge >= 0.3 is 12.1 Å². The second-order valence-corrected chi connectivity index (χ2v) is 9.32. The molecule has 3 aliphatic heterocycles. The molecule has 8 heteroatoms. The topological polar surface area (TPSA) is 101 Å². The van der Waals surface area contributed by atoms with Gasteiger partial charge in [-0.3, -0.25) is 9.88 Å². The molecular weight excluding hydrogens is 458 g/mol. The molecule has 36 heavy (non-hydrogen) atoms. The number of hydrogen-bond acceptors (Lipinski definition) is 6. The van der Waals surface area contributed by atoms with E-state index in [4.69, 9.17) is 9.47 Å². The highest BCUT2D eigenvalue weighted by Crippen LogP contribution is 2.30. The number of fused-ring (bicyclic) bond motifs is 3. The number of nitrogens with one attached hydrogen (secondary N) is 1. The number of aromatic carboxylic acids is 1. The molecule has 1 aromatic heterocycles. The van der Waals surface area contributed by atoms with Gasteiger partial charge in [0.1, 0.15) is 18.5 Å². The van der Waals surface area contributed by atoms with Crippen LogP contribution in [-0.4, -0.2) is 52.8 Å². The van der Waals surface area contributed by atoms with Crippen LogP contribution in [0, 0.1) is 5.92 Å². The van der Waals surface area contributed by atoms with Gasteiger partial charge in [0.2, 0.25) is 0 Å². The van der Waals surface area contributed by atoms with E-state index in [1.54, 1.807) is 6.20 Å². The Morgan fingerprint density at radius 1 is 1.03 bits per heavy atom. The first kappa shape index (κ1) is 23.8. The van der Waals surface area contributed by atoms with Crippen LogP contribution in [-0.2, 0) is 11.3 Å². The Morgan fingerprint density at radius 2 is 1.81 bits per heavy atom. The summed E-state index contributed by atoms with van der Waals surface area (Å²) in [7, 11) is 0. The van der Waals surface area contributed by atoms with Gasteiger partial charge in [-0.25, -0.2) is 9.59 Å². The number of nitrogens with zero attached hydrogens (tertiary/aromatic N) is 2. The van der Waals surface area contributed by atoms with Crippen LogP contribution < -0.4 is 10.1 Å². The van der Waals surface area contributed by atoms with E-state index in [2.05, 4.69) is 15.2 Å². The number of carbonyl (C=O) groups is 2. The molecule has 1 unspecified atom stereocenters. The lowest BCUT2D eigenvalue weighted by Gasteiger charge is -2.43. The van der Waals surface area contributed by atoms with E-state index in [-0.39, 0.29) is 18.3 Å². The van der Waals surface area contributed by atoms with Crippen molar-refractivity contribution in [3.63, 3.8) is 0 Å². The fourth-order valence-electron chi connectivity index (χ4n) is 4.97. The second kappa shape index (κ2) is 10.8. The Balaban J connectivity index is 1.30. The number of hydrogen-bond donors (Lipinski definition) is 2. The molecule has 3 aliphatic rings. The fourth-order valence-corrected chi connectivity index (χ4v) is 4.97. The number of alkyl carbamates (subject to hydrolysis) is 1. The highest BCUT2D eigenvalue weighted by atomic mass is 16.6. The predicted molar refractivity (Wildman–Crippen MR) is 133 cm³/mol. The van der Waals surface area contributed by atoms with Crippen molar-refractivity contribution in [3.05, 3.63) is 95.3 Å². The molecule has 3 saturated heterocycles. The molecule has 186 valence electrons. The molecule has 2 bridgehead atoms. The van der Waals surface area contributed by atoms with Crippen LogP contribution >= 0.6 is 0 Å². The van der Waals surface area contributed by atoms with Gasteiger partial charge in [0.05, 0.1) is 11.6 Å². The maximum Gasteiger partial charge on any atom is 0.408 e. The second-order valence-electron chi connectivity index (χ2n) is 9.32. The summed E-state index contributed by atoms with van der Waals surface area (Å²) in [5.74, 6) is -0.00302. The number of amides is 1. The van der Waals surface area contributed by atoms with Crippen LogP contribution in [0.4, 0.5) is 4.79 Å². The summed E-state index contributed by atoms with van der Waals surface area (Å²) in [4.78, 5) is 30.5. The first-order chi connectivity index (χ1) is 17.5. The lowest BCUT2D eigenvalue weighted by atomic mass is 9.86. The average molecular weight is 488 g/mol. The average Bonchev–Trinajstić information content (AvgIpc) is 2.92. The number of pyridine rings is 1. The summed E-state index contributed by atoms with van der Waals surface area (Å²) in [5, 5.41) is 12.2. The summed E-state index contributed by atoms with van der Waals surface area (Å²) >= 11 is 0. The third-order valence-corrected chi connectivity index (χ3v) is 6.89. The van der Waals surface area contributed by atoms with Gasteiger partial charge in [0.25, 0.3) is 0 Å². The number of piperidine rings is 3. The zero-order chi connectivity index (χ0) is 24.9. The molecule has 0 saturated carbocycles. The molecule has 2 N–H and O–H groups in total. The minimum absolute atomic E-state index is 0.0752. The Kier molecular flexibility index (Phi) is 7.13. The lowest BCUT2D eigenvalue weighted by Crippen LogP contribution is -2.52. The Morgan fingerprint density at radius 3 is 2.53 bits per heavy atom. The molecule has 0 aliphatic carbocycles. The minimum Gasteiger partial charge on any atom is -0.489 e. The van der Waals surface area contributed by atoms with E-state index in [0.717, 1.165) is 43.6 Å². The number of rotatable bonds is 8. The van der Waals surface area contributed by atoms with E-state index in [9.17, 15) is 14.7 Å². The summed E-state index contributed by atoms with van der Waals surface area (Å²) in [6, 6.07) is 18.4. The van der Waals surface area contributed by atoms with Crippen molar-refractivity contribution < 1.29 is 24.2 Å². The summed E-state index contributed by atoms with van der Waals surface area (Å²) in [6.07, 6.45) is 4.53. The quantitative estimate of drug-likeness (QED) is 0.489. The molecule has 2 atom stereocenters.